The van der Waals surface area contributed by atoms with Gasteiger partial charge >= 0.3 is 0 Å². The van der Waals surface area contributed by atoms with Crippen LogP contribution in [0.15, 0.2) is 53.0 Å². The zero-order valence-electron chi connectivity index (χ0n) is 14.5. The molecule has 4 nitrogen and oxygen atoms in total. The maximum Gasteiger partial charge on any atom is 0.224 e. The normalized spacial score (nSPS) is 15.2. The van der Waals surface area contributed by atoms with Crippen LogP contribution in [0.3, 0.4) is 0 Å². The summed E-state index contributed by atoms with van der Waals surface area (Å²) in [4.78, 5) is 17.1. The highest BCUT2D eigenvalue weighted by Crippen LogP contribution is 2.26. The number of benzene rings is 2. The third-order valence-electron chi connectivity index (χ3n) is 4.55. The van der Waals surface area contributed by atoms with Crippen molar-refractivity contribution in [3.63, 3.8) is 0 Å². The standard InChI is InChI=1S/C20H24BrN3O/c1-23-11-13-24(14-12-23)19-8-3-2-7-18(19)22-20(25)10-9-16-5-4-6-17(21)15-16/h2-8,15H,9-14H2,1H3,(H,22,25). The van der Waals surface area contributed by atoms with Gasteiger partial charge in [-0.3, -0.25) is 4.79 Å². The van der Waals surface area contributed by atoms with Gasteiger partial charge in [0.1, 0.15) is 0 Å². The lowest BCUT2D eigenvalue weighted by molar-refractivity contribution is -0.116. The number of amides is 1. The Morgan fingerprint density at radius 1 is 1.08 bits per heavy atom. The highest BCUT2D eigenvalue weighted by Gasteiger charge is 2.17. The first-order valence-electron chi connectivity index (χ1n) is 8.68. The van der Waals surface area contributed by atoms with Crippen molar-refractivity contribution in [3.8, 4) is 0 Å². The highest BCUT2D eigenvalue weighted by atomic mass is 79.9. The van der Waals surface area contributed by atoms with Crippen molar-refractivity contribution >= 4 is 33.2 Å². The third kappa shape index (κ3) is 5.06. The second-order valence-corrected chi connectivity index (χ2v) is 7.40. The van der Waals surface area contributed by atoms with Crippen LogP contribution in [0.5, 0.6) is 0 Å². The molecule has 1 amide bonds. The number of carbonyl (C=O) groups is 1. The second-order valence-electron chi connectivity index (χ2n) is 6.49. The zero-order chi connectivity index (χ0) is 17.6. The topological polar surface area (TPSA) is 35.6 Å². The first-order valence-corrected chi connectivity index (χ1v) is 9.48. The van der Waals surface area contributed by atoms with Crippen LogP contribution in [0.4, 0.5) is 11.4 Å². The molecule has 0 radical (unpaired) electrons. The fraction of sp³-hybridized carbons (Fsp3) is 0.350. The van der Waals surface area contributed by atoms with Gasteiger partial charge in [-0.2, -0.15) is 0 Å². The molecule has 25 heavy (non-hydrogen) atoms. The summed E-state index contributed by atoms with van der Waals surface area (Å²) in [5.74, 6) is 0.0570. The maximum absolute atomic E-state index is 12.4. The van der Waals surface area contributed by atoms with Gasteiger partial charge in [0.05, 0.1) is 11.4 Å². The molecule has 1 fully saturated rings. The maximum atomic E-state index is 12.4. The van der Waals surface area contributed by atoms with Crippen molar-refractivity contribution < 1.29 is 4.79 Å². The number of rotatable bonds is 5. The Kier molecular flexibility index (Phi) is 6.10. The summed E-state index contributed by atoms with van der Waals surface area (Å²) in [6.07, 6.45) is 1.22. The number of hydrogen-bond acceptors (Lipinski definition) is 3. The Hall–Kier alpha value is -1.85. The molecule has 1 N–H and O–H groups in total. The molecule has 1 heterocycles. The molecule has 1 aliphatic rings. The first kappa shape index (κ1) is 18.0. The fourth-order valence-electron chi connectivity index (χ4n) is 3.07. The van der Waals surface area contributed by atoms with E-state index >= 15 is 0 Å². The number of hydrogen-bond donors (Lipinski definition) is 1. The molecule has 1 aliphatic heterocycles. The SMILES string of the molecule is CN1CCN(c2ccccc2NC(=O)CCc2cccc(Br)c2)CC1. The number of carbonyl (C=O) groups excluding carboxylic acids is 1. The zero-order valence-corrected chi connectivity index (χ0v) is 16.1. The molecule has 0 atom stereocenters. The number of likely N-dealkylation sites (N-methyl/N-ethyl adjacent to an activating group) is 1. The van der Waals surface area contributed by atoms with Crippen LogP contribution in [0.2, 0.25) is 0 Å². The van der Waals surface area contributed by atoms with E-state index in [-0.39, 0.29) is 5.91 Å². The molecule has 0 saturated carbocycles. The van der Waals surface area contributed by atoms with E-state index in [1.807, 2.05) is 30.3 Å². The first-order chi connectivity index (χ1) is 12.1. The Labute approximate surface area is 158 Å². The number of nitrogens with zero attached hydrogens (tertiary/aromatic N) is 2. The molecule has 0 bridgehead atoms. The predicted octanol–water partition coefficient (Wildman–Crippen LogP) is 3.77. The minimum absolute atomic E-state index is 0.0570. The van der Waals surface area contributed by atoms with E-state index in [1.54, 1.807) is 0 Å². The third-order valence-corrected chi connectivity index (χ3v) is 5.05. The molecule has 3 rings (SSSR count). The van der Waals surface area contributed by atoms with Crippen LogP contribution in [0.25, 0.3) is 0 Å². The molecular weight excluding hydrogens is 378 g/mol. The van der Waals surface area contributed by atoms with Crippen molar-refractivity contribution in [2.24, 2.45) is 0 Å². The number of anilines is 2. The Bertz CT molecular complexity index is 726. The van der Waals surface area contributed by atoms with Crippen molar-refractivity contribution in [2.45, 2.75) is 12.8 Å². The summed E-state index contributed by atoms with van der Waals surface area (Å²) in [6.45, 7) is 4.07. The van der Waals surface area contributed by atoms with Crippen LogP contribution in [-0.2, 0) is 11.2 Å². The van der Waals surface area contributed by atoms with Crippen LogP contribution >= 0.6 is 15.9 Å². The van der Waals surface area contributed by atoms with Gasteiger partial charge in [0.15, 0.2) is 0 Å². The van der Waals surface area contributed by atoms with Crippen molar-refractivity contribution in [2.75, 3.05) is 43.4 Å². The summed E-state index contributed by atoms with van der Waals surface area (Å²) >= 11 is 3.47. The van der Waals surface area contributed by atoms with Crippen molar-refractivity contribution in [1.29, 1.82) is 0 Å². The van der Waals surface area contributed by atoms with E-state index in [9.17, 15) is 4.79 Å². The van der Waals surface area contributed by atoms with Crippen LogP contribution in [-0.4, -0.2) is 44.0 Å². The van der Waals surface area contributed by atoms with E-state index < -0.39 is 0 Å². The van der Waals surface area contributed by atoms with E-state index in [0.717, 1.165) is 54.0 Å². The predicted molar refractivity (Wildman–Crippen MR) is 107 cm³/mol. The lowest BCUT2D eigenvalue weighted by Gasteiger charge is -2.35. The smallest absolute Gasteiger partial charge is 0.224 e. The highest BCUT2D eigenvalue weighted by molar-refractivity contribution is 9.10. The number of piperazine rings is 1. The lowest BCUT2D eigenvalue weighted by atomic mass is 10.1. The molecule has 1 saturated heterocycles. The Balaban J connectivity index is 1.61. The average molecular weight is 402 g/mol. The number of aryl methyl sites for hydroxylation is 1. The van der Waals surface area contributed by atoms with Crippen LogP contribution in [0, 0.1) is 0 Å². The number of nitrogens with one attached hydrogen (secondary N) is 1. The van der Waals surface area contributed by atoms with Gasteiger partial charge in [0.25, 0.3) is 0 Å². The number of halogens is 1. The lowest BCUT2D eigenvalue weighted by Crippen LogP contribution is -2.44. The van der Waals surface area contributed by atoms with E-state index in [2.05, 4.69) is 56.3 Å². The van der Waals surface area contributed by atoms with Gasteiger partial charge < -0.3 is 15.1 Å². The fourth-order valence-corrected chi connectivity index (χ4v) is 3.51. The number of para-hydroxylation sites is 2. The van der Waals surface area contributed by atoms with Crippen LogP contribution < -0.4 is 10.2 Å². The molecule has 2 aromatic carbocycles. The van der Waals surface area contributed by atoms with Crippen LogP contribution in [0.1, 0.15) is 12.0 Å². The molecular formula is C20H24BrN3O. The van der Waals surface area contributed by atoms with Gasteiger partial charge in [-0.15, -0.1) is 0 Å². The summed E-state index contributed by atoms with van der Waals surface area (Å²) in [5, 5.41) is 3.10. The van der Waals surface area contributed by atoms with Gasteiger partial charge in [0.2, 0.25) is 5.91 Å². The molecule has 0 spiro atoms. The molecule has 2 aromatic rings. The summed E-state index contributed by atoms with van der Waals surface area (Å²) < 4.78 is 1.05. The van der Waals surface area contributed by atoms with Gasteiger partial charge in [0, 0.05) is 37.1 Å². The van der Waals surface area contributed by atoms with Gasteiger partial charge in [-0.05, 0) is 43.3 Å². The monoisotopic (exact) mass is 401 g/mol. The summed E-state index contributed by atoms with van der Waals surface area (Å²) in [5.41, 5.74) is 3.19. The summed E-state index contributed by atoms with van der Waals surface area (Å²) in [6, 6.07) is 16.2. The largest absolute Gasteiger partial charge is 0.367 e. The minimum Gasteiger partial charge on any atom is -0.367 e. The molecule has 132 valence electrons. The van der Waals surface area contributed by atoms with Gasteiger partial charge in [-0.1, -0.05) is 40.2 Å². The van der Waals surface area contributed by atoms with E-state index in [4.69, 9.17) is 0 Å². The quantitative estimate of drug-likeness (QED) is 0.827. The second kappa shape index (κ2) is 8.50. The average Bonchev–Trinajstić information content (AvgIpc) is 2.61. The molecule has 0 unspecified atom stereocenters. The minimum atomic E-state index is 0.0570. The van der Waals surface area contributed by atoms with E-state index in [0.29, 0.717) is 6.42 Å². The molecule has 0 aromatic heterocycles. The summed E-state index contributed by atoms with van der Waals surface area (Å²) in [7, 11) is 2.15. The van der Waals surface area contributed by atoms with Crippen molar-refractivity contribution in [3.05, 3.63) is 58.6 Å². The van der Waals surface area contributed by atoms with Crippen molar-refractivity contribution in [1.82, 2.24) is 4.90 Å². The molecule has 5 heteroatoms. The Morgan fingerprint density at radius 3 is 2.60 bits per heavy atom. The molecule has 0 aliphatic carbocycles. The van der Waals surface area contributed by atoms with E-state index in [1.165, 1.54) is 0 Å². The Morgan fingerprint density at radius 2 is 1.84 bits per heavy atom. The van der Waals surface area contributed by atoms with Gasteiger partial charge in [-0.25, -0.2) is 0 Å².